The Morgan fingerprint density at radius 1 is 1.10 bits per heavy atom. The Morgan fingerprint density at radius 3 is 2.60 bits per heavy atom. The fourth-order valence-electron chi connectivity index (χ4n) is 8.96. The van der Waals surface area contributed by atoms with E-state index in [9.17, 15) is 4.79 Å². The molecular weight excluding hydrogens is 380 g/mol. The minimum atomic E-state index is -0.588. The van der Waals surface area contributed by atoms with E-state index >= 15 is 0 Å². The minimum Gasteiger partial charge on any atom is -0.462 e. The van der Waals surface area contributed by atoms with Gasteiger partial charge in [0.25, 0.3) is 0 Å². The van der Waals surface area contributed by atoms with E-state index in [0.29, 0.717) is 25.0 Å². The van der Waals surface area contributed by atoms with Crippen LogP contribution in [-0.4, -0.2) is 42.8 Å². The molecule has 6 aliphatic rings. The molecule has 0 N–H and O–H groups in total. The largest absolute Gasteiger partial charge is 0.462 e. The maximum Gasteiger partial charge on any atom is 0.302 e. The Labute approximate surface area is 179 Å². The Kier molecular flexibility index (Phi) is 4.02. The second kappa shape index (κ2) is 6.11. The highest BCUT2D eigenvalue weighted by Gasteiger charge is 2.84. The molecule has 0 aromatic heterocycles. The fourth-order valence-corrected chi connectivity index (χ4v) is 8.96. The SMILES string of the molecule is CC(=O)O[C@@H]1CC[C@]2(C)C(=CC[C@H]3[C@H]4C[C@H]5O[C@@]5(C5(C)OCCO5)[C@]4(C)CC[C@@H]32)C1. The van der Waals surface area contributed by atoms with E-state index in [4.69, 9.17) is 18.9 Å². The molecule has 0 unspecified atom stereocenters. The van der Waals surface area contributed by atoms with Crippen LogP contribution in [0.1, 0.15) is 72.6 Å². The minimum absolute atomic E-state index is 0.0691. The van der Waals surface area contributed by atoms with Crippen LogP contribution in [0.2, 0.25) is 0 Å². The van der Waals surface area contributed by atoms with Gasteiger partial charge in [0.15, 0.2) is 11.4 Å². The van der Waals surface area contributed by atoms with Crippen molar-refractivity contribution in [3.63, 3.8) is 0 Å². The van der Waals surface area contributed by atoms with Gasteiger partial charge in [0.05, 0.1) is 19.3 Å². The summed E-state index contributed by atoms with van der Waals surface area (Å²) in [5, 5.41) is 0. The predicted octanol–water partition coefficient (Wildman–Crippen LogP) is 4.39. The van der Waals surface area contributed by atoms with Crippen LogP contribution in [0.4, 0.5) is 0 Å². The Bertz CT molecular complexity index is 799. The zero-order valence-corrected chi connectivity index (χ0v) is 18.9. The second-order valence-corrected chi connectivity index (χ2v) is 11.4. The normalized spacial score (nSPS) is 53.1. The first-order valence-corrected chi connectivity index (χ1v) is 12.1. The lowest BCUT2D eigenvalue weighted by Gasteiger charge is -2.59. The van der Waals surface area contributed by atoms with Gasteiger partial charge in [-0.25, -0.2) is 0 Å². The standard InChI is InChI=1S/C25H36O5/c1-15(26)29-17-7-9-22(2)16(13-17)5-6-18-19(22)8-10-23(3)20(18)14-21-25(23,30-21)24(4)27-11-12-28-24/h5,17-21H,6-14H2,1-4H3/t17-,18-,19+,20-,21-,22-,23-,25-/m1/s1. The van der Waals surface area contributed by atoms with Crippen LogP contribution in [0.3, 0.4) is 0 Å². The van der Waals surface area contributed by atoms with E-state index in [-0.39, 0.29) is 34.6 Å². The lowest BCUT2D eigenvalue weighted by atomic mass is 9.46. The molecule has 166 valence electrons. The average molecular weight is 417 g/mol. The van der Waals surface area contributed by atoms with Crippen molar-refractivity contribution >= 4 is 5.97 Å². The third-order valence-electron chi connectivity index (χ3n) is 10.3. The third kappa shape index (κ3) is 2.27. The first kappa shape index (κ1) is 19.8. The molecule has 6 rings (SSSR count). The van der Waals surface area contributed by atoms with Crippen LogP contribution >= 0.6 is 0 Å². The molecule has 2 saturated heterocycles. The molecule has 8 atom stereocenters. The molecule has 5 nitrogen and oxygen atoms in total. The molecule has 5 heteroatoms. The van der Waals surface area contributed by atoms with Gasteiger partial charge < -0.3 is 18.9 Å². The van der Waals surface area contributed by atoms with Crippen molar-refractivity contribution in [2.75, 3.05) is 13.2 Å². The summed E-state index contributed by atoms with van der Waals surface area (Å²) >= 11 is 0. The van der Waals surface area contributed by atoms with Crippen molar-refractivity contribution in [3.8, 4) is 0 Å². The van der Waals surface area contributed by atoms with Crippen LogP contribution in [0.15, 0.2) is 11.6 Å². The summed E-state index contributed by atoms with van der Waals surface area (Å²) in [5.41, 5.74) is 1.67. The predicted molar refractivity (Wildman–Crippen MR) is 111 cm³/mol. The van der Waals surface area contributed by atoms with E-state index in [1.807, 2.05) is 0 Å². The van der Waals surface area contributed by atoms with Gasteiger partial charge in [-0.2, -0.15) is 0 Å². The summed E-state index contributed by atoms with van der Waals surface area (Å²) < 4.78 is 24.4. The van der Waals surface area contributed by atoms with Crippen molar-refractivity contribution in [3.05, 3.63) is 11.6 Å². The van der Waals surface area contributed by atoms with Crippen LogP contribution in [0.5, 0.6) is 0 Å². The monoisotopic (exact) mass is 416 g/mol. The molecule has 2 heterocycles. The van der Waals surface area contributed by atoms with Crippen LogP contribution in [0, 0.1) is 28.6 Å². The van der Waals surface area contributed by atoms with E-state index in [0.717, 1.165) is 38.0 Å². The number of ether oxygens (including phenoxy) is 4. The number of allylic oxidation sites excluding steroid dienone is 1. The number of rotatable bonds is 2. The van der Waals surface area contributed by atoms with Gasteiger partial charge in [-0.05, 0) is 68.6 Å². The number of esters is 1. The number of epoxide rings is 1. The molecule has 0 amide bonds. The fraction of sp³-hybridized carbons (Fsp3) is 0.880. The molecule has 0 radical (unpaired) electrons. The topological polar surface area (TPSA) is 57.3 Å². The summed E-state index contributed by atoms with van der Waals surface area (Å²) in [6.45, 7) is 9.97. The summed E-state index contributed by atoms with van der Waals surface area (Å²) in [6, 6.07) is 0. The molecule has 0 aromatic carbocycles. The third-order valence-corrected chi connectivity index (χ3v) is 10.3. The number of hydrogen-bond donors (Lipinski definition) is 0. The zero-order valence-electron chi connectivity index (χ0n) is 18.9. The molecule has 4 aliphatic carbocycles. The molecule has 2 aliphatic heterocycles. The molecule has 0 bridgehead atoms. The number of hydrogen-bond acceptors (Lipinski definition) is 5. The highest BCUT2D eigenvalue weighted by Crippen LogP contribution is 2.76. The van der Waals surface area contributed by atoms with E-state index < -0.39 is 5.79 Å². The summed E-state index contributed by atoms with van der Waals surface area (Å²) in [5.74, 6) is 1.37. The summed E-state index contributed by atoms with van der Waals surface area (Å²) in [6.07, 6.45) is 10.7. The van der Waals surface area contributed by atoms with E-state index in [1.165, 1.54) is 19.8 Å². The first-order chi connectivity index (χ1) is 14.2. The van der Waals surface area contributed by atoms with Crippen LogP contribution in [-0.2, 0) is 23.7 Å². The van der Waals surface area contributed by atoms with Gasteiger partial charge in [-0.15, -0.1) is 0 Å². The lowest BCUT2D eigenvalue weighted by Crippen LogP contribution is -2.59. The van der Waals surface area contributed by atoms with E-state index in [1.54, 1.807) is 5.57 Å². The maximum atomic E-state index is 11.5. The second-order valence-electron chi connectivity index (χ2n) is 11.4. The van der Waals surface area contributed by atoms with Gasteiger partial charge in [0.2, 0.25) is 0 Å². The summed E-state index contributed by atoms with van der Waals surface area (Å²) in [7, 11) is 0. The first-order valence-electron chi connectivity index (χ1n) is 12.1. The summed E-state index contributed by atoms with van der Waals surface area (Å²) in [4.78, 5) is 11.5. The van der Waals surface area contributed by atoms with E-state index in [2.05, 4.69) is 26.8 Å². The van der Waals surface area contributed by atoms with Crippen molar-refractivity contribution in [2.24, 2.45) is 28.6 Å². The Balaban J connectivity index is 1.29. The van der Waals surface area contributed by atoms with Crippen molar-refractivity contribution in [2.45, 2.75) is 96.2 Å². The zero-order chi connectivity index (χ0) is 20.9. The molecular formula is C25H36O5. The number of fused-ring (bicyclic) bond motifs is 7. The molecule has 0 aromatic rings. The Hall–Kier alpha value is -0.910. The van der Waals surface area contributed by atoms with Gasteiger partial charge in [0, 0.05) is 18.8 Å². The smallest absolute Gasteiger partial charge is 0.302 e. The molecule has 3 saturated carbocycles. The Morgan fingerprint density at radius 2 is 1.87 bits per heavy atom. The van der Waals surface area contributed by atoms with Crippen LogP contribution in [0.25, 0.3) is 0 Å². The molecule has 30 heavy (non-hydrogen) atoms. The van der Waals surface area contributed by atoms with Gasteiger partial charge >= 0.3 is 5.97 Å². The van der Waals surface area contributed by atoms with Crippen LogP contribution < -0.4 is 0 Å². The number of carbonyl (C=O) groups excluding carboxylic acids is 1. The molecule has 0 spiro atoms. The van der Waals surface area contributed by atoms with Crippen molar-refractivity contribution < 1.29 is 23.7 Å². The van der Waals surface area contributed by atoms with Gasteiger partial charge in [0.1, 0.15) is 6.10 Å². The van der Waals surface area contributed by atoms with Gasteiger partial charge in [-0.1, -0.05) is 25.5 Å². The lowest BCUT2D eigenvalue weighted by molar-refractivity contribution is -0.234. The maximum absolute atomic E-state index is 11.5. The quantitative estimate of drug-likeness (QED) is 0.380. The highest BCUT2D eigenvalue weighted by atomic mass is 16.8. The average Bonchev–Trinajstić information content (AvgIpc) is 3.18. The van der Waals surface area contributed by atoms with Crippen molar-refractivity contribution in [1.82, 2.24) is 0 Å². The molecule has 5 fully saturated rings. The highest BCUT2D eigenvalue weighted by molar-refractivity contribution is 5.66. The number of carbonyl (C=O) groups is 1. The van der Waals surface area contributed by atoms with Gasteiger partial charge in [-0.3, -0.25) is 4.79 Å². The van der Waals surface area contributed by atoms with Crippen molar-refractivity contribution in [1.29, 1.82) is 0 Å².